The van der Waals surface area contributed by atoms with E-state index in [9.17, 15) is 5.11 Å². The summed E-state index contributed by atoms with van der Waals surface area (Å²) in [5, 5.41) is 9.26. The Morgan fingerprint density at radius 2 is 2.08 bits per heavy atom. The van der Waals surface area contributed by atoms with E-state index in [1.807, 2.05) is 6.92 Å². The summed E-state index contributed by atoms with van der Waals surface area (Å²) in [5.41, 5.74) is 5.53. The second kappa shape index (κ2) is 4.16. The van der Waals surface area contributed by atoms with Crippen molar-refractivity contribution < 1.29 is 5.11 Å². The third-order valence-corrected chi connectivity index (χ3v) is 2.80. The summed E-state index contributed by atoms with van der Waals surface area (Å²) in [7, 11) is 0. The fourth-order valence-corrected chi connectivity index (χ4v) is 1.60. The van der Waals surface area contributed by atoms with Crippen LogP contribution in [0, 0.1) is 0 Å². The van der Waals surface area contributed by atoms with E-state index in [2.05, 4.69) is 4.90 Å². The SMILES string of the molecule is CC(C(N)=S)N1CCC(O)CC1. The van der Waals surface area contributed by atoms with Gasteiger partial charge < -0.3 is 10.8 Å². The van der Waals surface area contributed by atoms with Crippen LogP contribution in [0.1, 0.15) is 19.8 Å². The quantitative estimate of drug-likeness (QED) is 0.604. The lowest BCUT2D eigenvalue weighted by atomic mass is 10.1. The number of hydrogen-bond acceptors (Lipinski definition) is 3. The first-order valence-corrected chi connectivity index (χ1v) is 4.73. The van der Waals surface area contributed by atoms with E-state index in [-0.39, 0.29) is 12.1 Å². The molecule has 1 saturated heterocycles. The fraction of sp³-hybridized carbons (Fsp3) is 0.875. The van der Waals surface area contributed by atoms with E-state index in [1.165, 1.54) is 0 Å². The number of thiocarbonyl (C=S) groups is 1. The molecular weight excluding hydrogens is 172 g/mol. The minimum Gasteiger partial charge on any atom is -0.393 e. The molecule has 1 fully saturated rings. The Hall–Kier alpha value is -0.190. The van der Waals surface area contributed by atoms with Gasteiger partial charge in [0.05, 0.1) is 17.1 Å². The molecule has 12 heavy (non-hydrogen) atoms. The molecule has 70 valence electrons. The van der Waals surface area contributed by atoms with Gasteiger partial charge in [-0.3, -0.25) is 4.90 Å². The first-order valence-electron chi connectivity index (χ1n) is 4.32. The first kappa shape index (κ1) is 9.89. The lowest BCUT2D eigenvalue weighted by Gasteiger charge is -2.33. The van der Waals surface area contributed by atoms with Crippen LogP contribution in [0.15, 0.2) is 0 Å². The summed E-state index contributed by atoms with van der Waals surface area (Å²) < 4.78 is 0. The van der Waals surface area contributed by atoms with E-state index < -0.39 is 0 Å². The van der Waals surface area contributed by atoms with Gasteiger partial charge >= 0.3 is 0 Å². The molecule has 1 heterocycles. The Balaban J connectivity index is 2.39. The van der Waals surface area contributed by atoms with Gasteiger partial charge in [-0.05, 0) is 19.8 Å². The Bertz CT molecular complexity index is 166. The highest BCUT2D eigenvalue weighted by atomic mass is 32.1. The minimum atomic E-state index is -0.125. The van der Waals surface area contributed by atoms with Crippen LogP contribution >= 0.6 is 12.2 Å². The van der Waals surface area contributed by atoms with Crippen LogP contribution in [0.3, 0.4) is 0 Å². The van der Waals surface area contributed by atoms with Gasteiger partial charge in [-0.2, -0.15) is 0 Å². The number of piperidine rings is 1. The number of aliphatic hydroxyl groups excluding tert-OH is 1. The topological polar surface area (TPSA) is 49.5 Å². The molecule has 0 saturated carbocycles. The second-order valence-corrected chi connectivity index (χ2v) is 3.82. The van der Waals surface area contributed by atoms with E-state index in [4.69, 9.17) is 18.0 Å². The predicted octanol–water partition coefficient (Wildman–Crippen LogP) is 0.118. The second-order valence-electron chi connectivity index (χ2n) is 3.35. The van der Waals surface area contributed by atoms with Crippen molar-refractivity contribution in [2.45, 2.75) is 31.9 Å². The normalized spacial score (nSPS) is 23.8. The zero-order valence-corrected chi connectivity index (χ0v) is 8.18. The Morgan fingerprint density at radius 3 is 2.50 bits per heavy atom. The van der Waals surface area contributed by atoms with Gasteiger partial charge in [0.15, 0.2) is 0 Å². The van der Waals surface area contributed by atoms with Gasteiger partial charge in [0.2, 0.25) is 0 Å². The van der Waals surface area contributed by atoms with Crippen molar-refractivity contribution >= 4 is 17.2 Å². The number of aliphatic hydroxyl groups is 1. The van der Waals surface area contributed by atoms with Crippen LogP contribution in [0.5, 0.6) is 0 Å². The van der Waals surface area contributed by atoms with Crippen LogP contribution < -0.4 is 5.73 Å². The molecule has 1 rings (SSSR count). The predicted molar refractivity (Wildman–Crippen MR) is 53.1 cm³/mol. The van der Waals surface area contributed by atoms with E-state index in [0.29, 0.717) is 4.99 Å². The molecule has 1 atom stereocenters. The monoisotopic (exact) mass is 188 g/mol. The number of hydrogen-bond donors (Lipinski definition) is 2. The number of nitrogens with two attached hydrogens (primary N) is 1. The highest BCUT2D eigenvalue weighted by molar-refractivity contribution is 7.80. The average molecular weight is 188 g/mol. The highest BCUT2D eigenvalue weighted by Crippen LogP contribution is 2.12. The summed E-state index contributed by atoms with van der Waals surface area (Å²) >= 11 is 4.90. The van der Waals surface area contributed by atoms with Crippen molar-refractivity contribution in [1.29, 1.82) is 0 Å². The van der Waals surface area contributed by atoms with Gasteiger partial charge in [-0.15, -0.1) is 0 Å². The van der Waals surface area contributed by atoms with Gasteiger partial charge in [0.1, 0.15) is 0 Å². The van der Waals surface area contributed by atoms with Crippen LogP contribution in [-0.2, 0) is 0 Å². The fourth-order valence-electron chi connectivity index (χ4n) is 1.45. The Labute approximate surface area is 78.5 Å². The number of nitrogens with zero attached hydrogens (tertiary/aromatic N) is 1. The molecule has 0 aliphatic carbocycles. The molecule has 0 aromatic carbocycles. The molecular formula is C8H16N2OS. The summed E-state index contributed by atoms with van der Waals surface area (Å²) in [6, 6.07) is 0.174. The van der Waals surface area contributed by atoms with Crippen molar-refractivity contribution in [3.05, 3.63) is 0 Å². The Kier molecular flexibility index (Phi) is 3.43. The summed E-state index contributed by atoms with van der Waals surface area (Å²) in [6.45, 7) is 3.82. The largest absolute Gasteiger partial charge is 0.393 e. The number of likely N-dealkylation sites (tertiary alicyclic amines) is 1. The van der Waals surface area contributed by atoms with Crippen LogP contribution in [-0.4, -0.2) is 40.2 Å². The van der Waals surface area contributed by atoms with Crippen LogP contribution in [0.2, 0.25) is 0 Å². The maximum absolute atomic E-state index is 9.26. The highest BCUT2D eigenvalue weighted by Gasteiger charge is 2.22. The molecule has 1 aliphatic rings. The Morgan fingerprint density at radius 1 is 1.58 bits per heavy atom. The van der Waals surface area contributed by atoms with Crippen molar-refractivity contribution in [2.24, 2.45) is 5.73 Å². The third-order valence-electron chi connectivity index (χ3n) is 2.46. The molecule has 4 heteroatoms. The van der Waals surface area contributed by atoms with Crippen LogP contribution in [0.4, 0.5) is 0 Å². The lowest BCUT2D eigenvalue weighted by Crippen LogP contribution is -2.46. The minimum absolute atomic E-state index is 0.125. The zero-order chi connectivity index (χ0) is 9.14. The summed E-state index contributed by atoms with van der Waals surface area (Å²) in [5.74, 6) is 0. The molecule has 0 amide bonds. The molecule has 3 N–H and O–H groups in total. The smallest absolute Gasteiger partial charge is 0.0899 e. The van der Waals surface area contributed by atoms with Crippen molar-refractivity contribution in [1.82, 2.24) is 4.90 Å². The lowest BCUT2D eigenvalue weighted by molar-refractivity contribution is 0.0769. The molecule has 1 aliphatic heterocycles. The maximum Gasteiger partial charge on any atom is 0.0899 e. The molecule has 0 aromatic heterocycles. The van der Waals surface area contributed by atoms with Crippen LogP contribution in [0.25, 0.3) is 0 Å². The zero-order valence-electron chi connectivity index (χ0n) is 7.36. The maximum atomic E-state index is 9.26. The molecule has 0 bridgehead atoms. The van der Waals surface area contributed by atoms with E-state index in [0.717, 1.165) is 25.9 Å². The first-order chi connectivity index (χ1) is 5.61. The third kappa shape index (κ3) is 2.40. The average Bonchev–Trinajstić information content (AvgIpc) is 2.04. The van der Waals surface area contributed by atoms with Crippen molar-refractivity contribution in [3.63, 3.8) is 0 Å². The molecule has 0 spiro atoms. The van der Waals surface area contributed by atoms with Gasteiger partial charge in [-0.1, -0.05) is 12.2 Å². The summed E-state index contributed by atoms with van der Waals surface area (Å²) in [4.78, 5) is 2.76. The molecule has 3 nitrogen and oxygen atoms in total. The van der Waals surface area contributed by atoms with Crippen molar-refractivity contribution in [3.8, 4) is 0 Å². The van der Waals surface area contributed by atoms with Gasteiger partial charge in [-0.25, -0.2) is 0 Å². The molecule has 0 radical (unpaired) electrons. The van der Waals surface area contributed by atoms with E-state index >= 15 is 0 Å². The molecule has 1 unspecified atom stereocenters. The number of rotatable bonds is 2. The van der Waals surface area contributed by atoms with Crippen molar-refractivity contribution in [2.75, 3.05) is 13.1 Å². The standard InChI is InChI=1S/C8H16N2OS/c1-6(8(9)12)10-4-2-7(11)3-5-10/h6-7,11H,2-5H2,1H3,(H2,9,12). The van der Waals surface area contributed by atoms with Gasteiger partial charge in [0, 0.05) is 13.1 Å². The molecule has 0 aromatic rings. The van der Waals surface area contributed by atoms with Gasteiger partial charge in [0.25, 0.3) is 0 Å². The summed E-state index contributed by atoms with van der Waals surface area (Å²) in [6.07, 6.45) is 1.56. The van der Waals surface area contributed by atoms with E-state index in [1.54, 1.807) is 0 Å².